The van der Waals surface area contributed by atoms with Crippen molar-refractivity contribution in [2.75, 3.05) is 7.11 Å². The topological polar surface area (TPSA) is 39.9 Å². The Bertz CT molecular complexity index is 972. The number of hydrogen-bond donors (Lipinski definition) is 0. The number of hydrogen-bond acceptors (Lipinski definition) is 4. The minimum Gasteiger partial charge on any atom is -0.497 e. The lowest BCUT2D eigenvalue weighted by molar-refractivity contribution is 0.414. The van der Waals surface area contributed by atoms with Crippen LogP contribution < -0.4 is 4.74 Å². The summed E-state index contributed by atoms with van der Waals surface area (Å²) in [6.45, 7) is 2.12. The summed E-state index contributed by atoms with van der Waals surface area (Å²) in [7, 11) is 1.68. The molecule has 24 heavy (non-hydrogen) atoms. The summed E-state index contributed by atoms with van der Waals surface area (Å²) in [6.07, 6.45) is 0. The second-order valence-electron chi connectivity index (χ2n) is 5.65. The number of nitrogens with zero attached hydrogens (tertiary/aromatic N) is 3. The number of benzene rings is 2. The van der Waals surface area contributed by atoms with Gasteiger partial charge in [-0.05, 0) is 48.9 Å². The van der Waals surface area contributed by atoms with Gasteiger partial charge in [0, 0.05) is 9.75 Å². The van der Waals surface area contributed by atoms with Gasteiger partial charge in [0.1, 0.15) is 17.3 Å². The summed E-state index contributed by atoms with van der Waals surface area (Å²) in [5, 5.41) is 8.77. The number of para-hydroxylation sites is 1. The fraction of sp³-hybridized carbons (Fsp3) is 0.158. The maximum absolute atomic E-state index is 5.29. The molecule has 4 aromatic rings. The molecule has 2 aromatic carbocycles. The molecule has 2 heterocycles. The Kier molecular flexibility index (Phi) is 3.78. The highest BCUT2D eigenvalue weighted by molar-refractivity contribution is 7.12. The molecule has 0 aliphatic heterocycles. The number of methoxy groups -OCH3 is 1. The van der Waals surface area contributed by atoms with E-state index in [1.807, 2.05) is 35.0 Å². The monoisotopic (exact) mass is 335 g/mol. The number of ether oxygens (including phenoxy) is 1. The van der Waals surface area contributed by atoms with Gasteiger partial charge in [-0.15, -0.1) is 16.4 Å². The molecule has 0 saturated heterocycles. The van der Waals surface area contributed by atoms with Crippen LogP contribution in [-0.4, -0.2) is 22.1 Å². The van der Waals surface area contributed by atoms with Crippen molar-refractivity contribution in [2.45, 2.75) is 13.0 Å². The van der Waals surface area contributed by atoms with E-state index in [1.165, 1.54) is 9.75 Å². The molecule has 2 aromatic heterocycles. The lowest BCUT2D eigenvalue weighted by atomic mass is 10.0. The first-order valence-corrected chi connectivity index (χ1v) is 8.58. The van der Waals surface area contributed by atoms with E-state index in [4.69, 9.17) is 4.74 Å². The van der Waals surface area contributed by atoms with Crippen LogP contribution >= 0.6 is 11.3 Å². The highest BCUT2D eigenvalue weighted by Gasteiger charge is 2.21. The molecule has 0 aliphatic rings. The number of rotatable bonds is 4. The first kappa shape index (κ1) is 14.9. The number of aryl methyl sites for hydroxylation is 1. The standard InChI is InChI=1S/C19H17N3OS/c1-13-7-12-18(24-13)19(14-8-10-15(23-2)11-9-14)22-17-6-4-3-5-16(17)20-21-22/h3-12,19H,1-2H3. The molecule has 0 radical (unpaired) electrons. The Morgan fingerprint density at radius 2 is 1.79 bits per heavy atom. The Balaban J connectivity index is 1.89. The second kappa shape index (κ2) is 6.09. The smallest absolute Gasteiger partial charge is 0.118 e. The predicted octanol–water partition coefficient (Wildman–Crippen LogP) is 4.45. The van der Waals surface area contributed by atoms with Crippen LogP contribution in [0.1, 0.15) is 21.4 Å². The quantitative estimate of drug-likeness (QED) is 0.553. The van der Waals surface area contributed by atoms with Crippen molar-refractivity contribution in [1.82, 2.24) is 15.0 Å². The number of fused-ring (bicyclic) bond motifs is 1. The summed E-state index contributed by atoms with van der Waals surface area (Å²) in [5.74, 6) is 0.850. The molecule has 1 atom stereocenters. The fourth-order valence-corrected chi connectivity index (χ4v) is 3.88. The van der Waals surface area contributed by atoms with Crippen LogP contribution in [0.4, 0.5) is 0 Å². The van der Waals surface area contributed by atoms with Gasteiger partial charge in [0.15, 0.2) is 0 Å². The number of aromatic nitrogens is 3. The van der Waals surface area contributed by atoms with Gasteiger partial charge >= 0.3 is 0 Å². The van der Waals surface area contributed by atoms with Crippen molar-refractivity contribution in [1.29, 1.82) is 0 Å². The first-order valence-electron chi connectivity index (χ1n) is 7.76. The van der Waals surface area contributed by atoms with Gasteiger partial charge in [-0.2, -0.15) is 0 Å². The first-order chi connectivity index (χ1) is 11.8. The van der Waals surface area contributed by atoms with Crippen LogP contribution in [0.25, 0.3) is 11.0 Å². The minimum absolute atomic E-state index is 0.00186. The van der Waals surface area contributed by atoms with Gasteiger partial charge in [-0.3, -0.25) is 0 Å². The van der Waals surface area contributed by atoms with E-state index < -0.39 is 0 Å². The predicted molar refractivity (Wildman–Crippen MR) is 96.8 cm³/mol. The second-order valence-corrected chi connectivity index (χ2v) is 6.97. The fourth-order valence-electron chi connectivity index (χ4n) is 2.89. The van der Waals surface area contributed by atoms with Gasteiger partial charge in [0.25, 0.3) is 0 Å². The normalized spacial score (nSPS) is 12.4. The van der Waals surface area contributed by atoms with Crippen molar-refractivity contribution in [2.24, 2.45) is 0 Å². The maximum atomic E-state index is 5.29. The van der Waals surface area contributed by atoms with Crippen molar-refractivity contribution >= 4 is 22.4 Å². The van der Waals surface area contributed by atoms with E-state index in [0.29, 0.717) is 0 Å². The zero-order chi connectivity index (χ0) is 16.5. The minimum atomic E-state index is 0.00186. The molecule has 1 unspecified atom stereocenters. The average Bonchev–Trinajstić information content (AvgIpc) is 3.23. The zero-order valence-electron chi connectivity index (χ0n) is 13.5. The third-order valence-corrected chi connectivity index (χ3v) is 5.14. The maximum Gasteiger partial charge on any atom is 0.118 e. The van der Waals surface area contributed by atoms with E-state index in [-0.39, 0.29) is 6.04 Å². The van der Waals surface area contributed by atoms with E-state index in [0.717, 1.165) is 22.3 Å². The molecular weight excluding hydrogens is 318 g/mol. The Hall–Kier alpha value is -2.66. The lowest BCUT2D eigenvalue weighted by Crippen LogP contribution is -2.12. The molecule has 5 heteroatoms. The van der Waals surface area contributed by atoms with Crippen LogP contribution in [0, 0.1) is 6.92 Å². The molecule has 0 amide bonds. The van der Waals surface area contributed by atoms with E-state index >= 15 is 0 Å². The van der Waals surface area contributed by atoms with Gasteiger partial charge in [-0.25, -0.2) is 4.68 Å². The molecule has 0 aliphatic carbocycles. The highest BCUT2D eigenvalue weighted by atomic mass is 32.1. The Morgan fingerprint density at radius 3 is 2.50 bits per heavy atom. The molecule has 4 rings (SSSR count). The van der Waals surface area contributed by atoms with Crippen LogP contribution in [0.15, 0.2) is 60.7 Å². The summed E-state index contributed by atoms with van der Waals surface area (Å²) >= 11 is 1.79. The van der Waals surface area contributed by atoms with Gasteiger partial charge < -0.3 is 4.74 Å². The summed E-state index contributed by atoms with van der Waals surface area (Å²) in [6, 6.07) is 20.5. The van der Waals surface area contributed by atoms with Gasteiger partial charge in [0.2, 0.25) is 0 Å². The SMILES string of the molecule is COc1ccc(C(c2ccc(C)s2)n2nnc3ccccc32)cc1. The lowest BCUT2D eigenvalue weighted by Gasteiger charge is -2.17. The van der Waals surface area contributed by atoms with Crippen LogP contribution in [0.3, 0.4) is 0 Å². The van der Waals surface area contributed by atoms with E-state index in [2.05, 4.69) is 47.6 Å². The van der Waals surface area contributed by atoms with Crippen molar-refractivity contribution in [3.8, 4) is 5.75 Å². The molecule has 0 saturated carbocycles. The highest BCUT2D eigenvalue weighted by Crippen LogP contribution is 2.33. The average molecular weight is 335 g/mol. The Morgan fingerprint density at radius 1 is 1.00 bits per heavy atom. The summed E-state index contributed by atoms with van der Waals surface area (Å²) in [4.78, 5) is 2.53. The number of thiophene rings is 1. The molecule has 0 N–H and O–H groups in total. The van der Waals surface area contributed by atoms with Crippen LogP contribution in [0.2, 0.25) is 0 Å². The summed E-state index contributed by atoms with van der Waals surface area (Å²) < 4.78 is 7.29. The van der Waals surface area contributed by atoms with Crippen molar-refractivity contribution in [3.63, 3.8) is 0 Å². The summed E-state index contributed by atoms with van der Waals surface area (Å²) in [5.41, 5.74) is 3.10. The largest absolute Gasteiger partial charge is 0.497 e. The molecule has 120 valence electrons. The zero-order valence-corrected chi connectivity index (χ0v) is 14.3. The van der Waals surface area contributed by atoms with Gasteiger partial charge in [-0.1, -0.05) is 29.5 Å². The molecular formula is C19H17N3OS. The molecule has 0 bridgehead atoms. The van der Waals surface area contributed by atoms with Gasteiger partial charge in [0.05, 0.1) is 12.6 Å². The van der Waals surface area contributed by atoms with Crippen molar-refractivity contribution < 1.29 is 4.74 Å². The molecule has 4 nitrogen and oxygen atoms in total. The van der Waals surface area contributed by atoms with E-state index in [1.54, 1.807) is 18.4 Å². The molecule has 0 fully saturated rings. The third-order valence-electron chi connectivity index (χ3n) is 4.08. The van der Waals surface area contributed by atoms with Crippen LogP contribution in [-0.2, 0) is 0 Å². The van der Waals surface area contributed by atoms with Crippen LogP contribution in [0.5, 0.6) is 5.75 Å². The third kappa shape index (κ3) is 2.57. The molecule has 0 spiro atoms. The van der Waals surface area contributed by atoms with E-state index in [9.17, 15) is 0 Å². The van der Waals surface area contributed by atoms with Crippen molar-refractivity contribution in [3.05, 3.63) is 76.0 Å². The Labute approximate surface area is 144 Å².